The molecule has 1 heterocycles. The lowest BCUT2D eigenvalue weighted by atomic mass is 9.95. The molecule has 2 amide bonds. The van der Waals surface area contributed by atoms with Gasteiger partial charge in [-0.05, 0) is 75.3 Å². The topological polar surface area (TPSA) is 81.4 Å². The molecule has 0 saturated carbocycles. The van der Waals surface area contributed by atoms with Crippen LogP contribution in [0.4, 0.5) is 5.00 Å². The summed E-state index contributed by atoms with van der Waals surface area (Å²) in [6.45, 7) is 5.73. The third kappa shape index (κ3) is 3.75. The number of carbonyl (C=O) groups is 2. The van der Waals surface area contributed by atoms with E-state index in [0.717, 1.165) is 41.7 Å². The van der Waals surface area contributed by atoms with Crippen molar-refractivity contribution in [1.29, 1.82) is 0 Å². The first-order valence-electron chi connectivity index (χ1n) is 8.86. The van der Waals surface area contributed by atoms with Gasteiger partial charge in [0, 0.05) is 4.88 Å². The van der Waals surface area contributed by atoms with E-state index in [1.54, 1.807) is 6.92 Å². The number of thiophene rings is 1. The first kappa shape index (κ1) is 18.5. The van der Waals surface area contributed by atoms with Gasteiger partial charge < -0.3 is 15.8 Å². The standard InChI is InChI=1S/C20H24N2O3S/c1-11-8-9-14(10-12(11)2)25-13(3)19(24)22-20-17(18(21)23)15-6-4-5-7-16(15)26-20/h8-10,13H,4-7H2,1-3H3,(H2,21,23)(H,22,24). The Morgan fingerprint density at radius 1 is 1.19 bits per heavy atom. The lowest BCUT2D eigenvalue weighted by Crippen LogP contribution is -2.30. The van der Waals surface area contributed by atoms with Crippen LogP contribution in [0.25, 0.3) is 0 Å². The SMILES string of the molecule is Cc1ccc(OC(C)C(=O)Nc2sc3c(c2C(N)=O)CCCC3)cc1C. The Labute approximate surface area is 157 Å². The molecule has 26 heavy (non-hydrogen) atoms. The van der Waals surface area contributed by atoms with Gasteiger partial charge in [-0.2, -0.15) is 0 Å². The Morgan fingerprint density at radius 2 is 1.92 bits per heavy atom. The molecule has 0 bridgehead atoms. The van der Waals surface area contributed by atoms with Crippen molar-refractivity contribution in [2.75, 3.05) is 5.32 Å². The average Bonchev–Trinajstić information content (AvgIpc) is 2.96. The summed E-state index contributed by atoms with van der Waals surface area (Å²) < 4.78 is 5.76. The van der Waals surface area contributed by atoms with Crippen LogP contribution in [0.3, 0.4) is 0 Å². The number of aryl methyl sites for hydroxylation is 3. The second kappa shape index (κ2) is 7.50. The number of ether oxygens (including phenoxy) is 1. The van der Waals surface area contributed by atoms with Crippen molar-refractivity contribution >= 4 is 28.2 Å². The number of primary amides is 1. The van der Waals surface area contributed by atoms with Gasteiger partial charge >= 0.3 is 0 Å². The van der Waals surface area contributed by atoms with Crippen LogP contribution >= 0.6 is 11.3 Å². The minimum atomic E-state index is -0.683. The predicted molar refractivity (Wildman–Crippen MR) is 104 cm³/mol. The fourth-order valence-electron chi connectivity index (χ4n) is 3.17. The zero-order valence-electron chi connectivity index (χ0n) is 15.3. The van der Waals surface area contributed by atoms with Gasteiger partial charge in [0.25, 0.3) is 11.8 Å². The monoisotopic (exact) mass is 372 g/mol. The number of nitrogens with one attached hydrogen (secondary N) is 1. The van der Waals surface area contributed by atoms with Gasteiger partial charge in [-0.1, -0.05) is 6.07 Å². The minimum absolute atomic E-state index is 0.288. The summed E-state index contributed by atoms with van der Waals surface area (Å²) >= 11 is 1.46. The van der Waals surface area contributed by atoms with Crippen LogP contribution in [0.5, 0.6) is 5.75 Å². The van der Waals surface area contributed by atoms with Crippen LogP contribution in [0, 0.1) is 13.8 Å². The second-order valence-electron chi connectivity index (χ2n) is 6.77. The Hall–Kier alpha value is -2.34. The Kier molecular flexibility index (Phi) is 5.32. The highest BCUT2D eigenvalue weighted by Gasteiger charge is 2.26. The van der Waals surface area contributed by atoms with Gasteiger partial charge in [0.1, 0.15) is 10.8 Å². The Balaban J connectivity index is 1.76. The van der Waals surface area contributed by atoms with E-state index in [-0.39, 0.29) is 5.91 Å². The summed E-state index contributed by atoms with van der Waals surface area (Å²) in [5.41, 5.74) is 9.33. The number of carbonyl (C=O) groups excluding carboxylic acids is 2. The van der Waals surface area contributed by atoms with Crippen molar-refractivity contribution in [2.45, 2.75) is 52.6 Å². The third-order valence-electron chi connectivity index (χ3n) is 4.81. The molecule has 0 aliphatic heterocycles. The lowest BCUT2D eigenvalue weighted by molar-refractivity contribution is -0.122. The molecule has 0 spiro atoms. The van der Waals surface area contributed by atoms with E-state index in [4.69, 9.17) is 10.5 Å². The van der Waals surface area contributed by atoms with E-state index in [1.165, 1.54) is 16.9 Å². The van der Waals surface area contributed by atoms with Gasteiger partial charge in [-0.15, -0.1) is 11.3 Å². The highest BCUT2D eigenvalue weighted by atomic mass is 32.1. The van der Waals surface area contributed by atoms with Crippen molar-refractivity contribution in [3.05, 3.63) is 45.3 Å². The van der Waals surface area contributed by atoms with Gasteiger partial charge in [0.15, 0.2) is 6.10 Å². The van der Waals surface area contributed by atoms with Crippen LogP contribution in [0.15, 0.2) is 18.2 Å². The van der Waals surface area contributed by atoms with Crippen molar-refractivity contribution in [2.24, 2.45) is 5.73 Å². The molecule has 1 aromatic carbocycles. The molecule has 1 aromatic heterocycles. The van der Waals surface area contributed by atoms with Crippen LogP contribution in [0.2, 0.25) is 0 Å². The first-order valence-corrected chi connectivity index (χ1v) is 9.67. The Morgan fingerprint density at radius 3 is 2.62 bits per heavy atom. The van der Waals surface area contributed by atoms with Gasteiger partial charge in [-0.25, -0.2) is 0 Å². The number of amides is 2. The molecule has 1 atom stereocenters. The smallest absolute Gasteiger partial charge is 0.265 e. The first-order chi connectivity index (χ1) is 12.4. The molecule has 1 aliphatic rings. The number of benzene rings is 1. The highest BCUT2D eigenvalue weighted by Crippen LogP contribution is 2.38. The normalized spacial score (nSPS) is 14.4. The zero-order valence-corrected chi connectivity index (χ0v) is 16.2. The molecule has 138 valence electrons. The highest BCUT2D eigenvalue weighted by molar-refractivity contribution is 7.17. The number of anilines is 1. The number of nitrogens with two attached hydrogens (primary N) is 1. The number of hydrogen-bond donors (Lipinski definition) is 2. The number of hydrogen-bond acceptors (Lipinski definition) is 4. The van der Waals surface area contributed by atoms with Gasteiger partial charge in [0.05, 0.1) is 5.56 Å². The van der Waals surface area contributed by atoms with E-state index in [9.17, 15) is 9.59 Å². The van der Waals surface area contributed by atoms with E-state index in [1.807, 2.05) is 32.0 Å². The molecular formula is C20H24N2O3S. The third-order valence-corrected chi connectivity index (χ3v) is 6.02. The molecule has 2 aromatic rings. The van der Waals surface area contributed by atoms with Crippen molar-refractivity contribution in [1.82, 2.24) is 0 Å². The molecule has 5 nitrogen and oxygen atoms in total. The predicted octanol–water partition coefficient (Wildman–Crippen LogP) is 3.75. The fraction of sp³-hybridized carbons (Fsp3) is 0.400. The molecule has 1 aliphatic carbocycles. The molecule has 6 heteroatoms. The molecule has 1 unspecified atom stereocenters. The van der Waals surface area contributed by atoms with E-state index >= 15 is 0 Å². The average molecular weight is 372 g/mol. The lowest BCUT2D eigenvalue weighted by Gasteiger charge is -2.15. The molecule has 0 radical (unpaired) electrons. The Bertz CT molecular complexity index is 857. The molecule has 0 fully saturated rings. The molecule has 3 N–H and O–H groups in total. The zero-order chi connectivity index (χ0) is 18.8. The fourth-order valence-corrected chi connectivity index (χ4v) is 4.47. The van der Waals surface area contributed by atoms with E-state index < -0.39 is 12.0 Å². The summed E-state index contributed by atoms with van der Waals surface area (Å²) in [4.78, 5) is 25.6. The molecule has 0 saturated heterocycles. The number of rotatable bonds is 5. The maximum absolute atomic E-state index is 12.6. The largest absolute Gasteiger partial charge is 0.481 e. The van der Waals surface area contributed by atoms with Gasteiger partial charge in [-0.3, -0.25) is 9.59 Å². The maximum Gasteiger partial charge on any atom is 0.265 e. The summed E-state index contributed by atoms with van der Waals surface area (Å²) in [5, 5.41) is 3.40. The maximum atomic E-state index is 12.6. The van der Waals surface area contributed by atoms with Crippen LogP contribution in [-0.2, 0) is 17.6 Å². The van der Waals surface area contributed by atoms with E-state index in [2.05, 4.69) is 5.32 Å². The van der Waals surface area contributed by atoms with Crippen LogP contribution in [-0.4, -0.2) is 17.9 Å². The number of fused-ring (bicyclic) bond motifs is 1. The molecular weight excluding hydrogens is 348 g/mol. The van der Waals surface area contributed by atoms with Gasteiger partial charge in [0.2, 0.25) is 0 Å². The summed E-state index contributed by atoms with van der Waals surface area (Å²) in [6.07, 6.45) is 3.24. The van der Waals surface area contributed by atoms with Crippen molar-refractivity contribution < 1.29 is 14.3 Å². The van der Waals surface area contributed by atoms with Crippen molar-refractivity contribution in [3.8, 4) is 5.75 Å². The second-order valence-corrected chi connectivity index (χ2v) is 7.88. The summed E-state index contributed by atoms with van der Waals surface area (Å²) in [5.74, 6) is -0.122. The van der Waals surface area contributed by atoms with Crippen LogP contribution in [0.1, 0.15) is 51.7 Å². The van der Waals surface area contributed by atoms with E-state index in [0.29, 0.717) is 16.3 Å². The summed E-state index contributed by atoms with van der Waals surface area (Å²) in [6, 6.07) is 5.73. The molecule has 3 rings (SSSR count). The van der Waals surface area contributed by atoms with Crippen molar-refractivity contribution in [3.63, 3.8) is 0 Å². The quantitative estimate of drug-likeness (QED) is 0.839. The summed E-state index contributed by atoms with van der Waals surface area (Å²) in [7, 11) is 0. The van der Waals surface area contributed by atoms with Crippen LogP contribution < -0.4 is 15.8 Å². The minimum Gasteiger partial charge on any atom is -0.481 e.